The zero-order chi connectivity index (χ0) is 16.2. The number of alkyl halides is 3. The molecule has 8 heteroatoms. The third-order valence-electron chi connectivity index (χ3n) is 2.88. The summed E-state index contributed by atoms with van der Waals surface area (Å²) in [4.78, 5) is 7.07. The smallest absolute Gasteiger partial charge is 0.372 e. The first kappa shape index (κ1) is 15.9. The molecule has 4 nitrogen and oxygen atoms in total. The highest BCUT2D eigenvalue weighted by molar-refractivity contribution is 5.98. The van der Waals surface area contributed by atoms with Crippen LogP contribution < -0.4 is 5.32 Å². The van der Waals surface area contributed by atoms with Crippen molar-refractivity contribution >= 4 is 11.4 Å². The van der Waals surface area contributed by atoms with Crippen LogP contribution in [0.15, 0.2) is 42.9 Å². The van der Waals surface area contributed by atoms with E-state index in [0.717, 1.165) is 18.3 Å². The predicted octanol–water partition coefficient (Wildman–Crippen LogP) is 3.42. The van der Waals surface area contributed by atoms with Gasteiger partial charge in [0.15, 0.2) is 0 Å². The number of nitrogens with one attached hydrogen (secondary N) is 2. The molecule has 0 fully saturated rings. The number of aromatic nitrogens is 2. The van der Waals surface area contributed by atoms with Crippen molar-refractivity contribution in [3.63, 3.8) is 0 Å². The van der Waals surface area contributed by atoms with Gasteiger partial charge in [-0.15, -0.1) is 0 Å². The molecule has 0 spiro atoms. The van der Waals surface area contributed by atoms with Crippen molar-refractivity contribution in [1.29, 1.82) is 5.41 Å². The summed E-state index contributed by atoms with van der Waals surface area (Å²) in [5.41, 5.74) is 0.150. The van der Waals surface area contributed by atoms with Crippen molar-refractivity contribution in [2.24, 2.45) is 0 Å². The maximum atomic E-state index is 13.1. The third-order valence-corrected chi connectivity index (χ3v) is 2.88. The average molecular weight is 312 g/mol. The van der Waals surface area contributed by atoms with Gasteiger partial charge in [0.1, 0.15) is 6.04 Å². The normalized spacial score (nSPS) is 12.7. The van der Waals surface area contributed by atoms with Gasteiger partial charge in [0.05, 0.1) is 11.9 Å². The van der Waals surface area contributed by atoms with E-state index in [2.05, 4.69) is 15.3 Å². The van der Waals surface area contributed by atoms with Crippen LogP contribution in [0.3, 0.4) is 0 Å². The molecule has 2 N–H and O–H groups in total. The van der Waals surface area contributed by atoms with Gasteiger partial charge < -0.3 is 10.7 Å². The van der Waals surface area contributed by atoms with Crippen molar-refractivity contribution < 1.29 is 17.6 Å². The Morgan fingerprint density at radius 1 is 1.23 bits per heavy atom. The van der Waals surface area contributed by atoms with Gasteiger partial charge >= 0.3 is 6.18 Å². The van der Waals surface area contributed by atoms with E-state index in [9.17, 15) is 17.6 Å². The summed E-state index contributed by atoms with van der Waals surface area (Å²) in [5.74, 6) is -0.780. The second-order valence-corrected chi connectivity index (χ2v) is 4.53. The minimum atomic E-state index is -4.57. The average Bonchev–Trinajstić information content (AvgIpc) is 2.48. The Balaban J connectivity index is 2.13. The van der Waals surface area contributed by atoms with Crippen molar-refractivity contribution in [1.82, 2.24) is 9.97 Å². The molecular weight excluding hydrogens is 300 g/mol. The lowest BCUT2D eigenvalue weighted by Crippen LogP contribution is -2.38. The molecule has 2 heterocycles. The van der Waals surface area contributed by atoms with Crippen LogP contribution >= 0.6 is 0 Å². The summed E-state index contributed by atoms with van der Waals surface area (Å²) in [6, 6.07) is 3.20. The molecule has 2 aromatic rings. The number of rotatable bonds is 5. The van der Waals surface area contributed by atoms with E-state index in [0.29, 0.717) is 5.56 Å². The zero-order valence-electron chi connectivity index (χ0n) is 11.2. The maximum Gasteiger partial charge on any atom is 0.408 e. The van der Waals surface area contributed by atoms with Crippen molar-refractivity contribution in [2.75, 3.05) is 5.32 Å². The van der Waals surface area contributed by atoms with E-state index in [1.54, 1.807) is 6.07 Å². The molecule has 0 aromatic carbocycles. The molecule has 1 atom stereocenters. The van der Waals surface area contributed by atoms with Gasteiger partial charge in [0.25, 0.3) is 0 Å². The van der Waals surface area contributed by atoms with Gasteiger partial charge in [-0.1, -0.05) is 6.07 Å². The molecule has 116 valence electrons. The summed E-state index contributed by atoms with van der Waals surface area (Å²) >= 11 is 0. The lowest BCUT2D eigenvalue weighted by atomic mass is 10.0. The number of anilines is 1. The third kappa shape index (κ3) is 4.24. The SMILES string of the molecule is N=C(CC(Nc1ccc(F)nc1)C(F)(F)F)c1cccnc1. The number of halogens is 4. The van der Waals surface area contributed by atoms with Crippen LogP contribution in [0, 0.1) is 11.4 Å². The molecule has 0 aliphatic heterocycles. The summed E-state index contributed by atoms with van der Waals surface area (Å²) < 4.78 is 52.0. The molecule has 0 saturated heterocycles. The number of hydrogen-bond donors (Lipinski definition) is 2. The van der Waals surface area contributed by atoms with Crippen LogP contribution in [-0.2, 0) is 0 Å². The van der Waals surface area contributed by atoms with E-state index < -0.39 is 24.6 Å². The maximum absolute atomic E-state index is 13.1. The van der Waals surface area contributed by atoms with Crippen LogP contribution in [0.4, 0.5) is 23.2 Å². The highest BCUT2D eigenvalue weighted by Crippen LogP contribution is 2.27. The van der Waals surface area contributed by atoms with Gasteiger partial charge in [-0.3, -0.25) is 4.98 Å². The van der Waals surface area contributed by atoms with E-state index >= 15 is 0 Å². The minimum Gasteiger partial charge on any atom is -0.372 e. The molecule has 0 amide bonds. The summed E-state index contributed by atoms with van der Waals surface area (Å²) in [6.45, 7) is 0. The Morgan fingerprint density at radius 2 is 2.00 bits per heavy atom. The van der Waals surface area contributed by atoms with Gasteiger partial charge in [-0.2, -0.15) is 17.6 Å². The van der Waals surface area contributed by atoms with Crippen LogP contribution in [0.5, 0.6) is 0 Å². The summed E-state index contributed by atoms with van der Waals surface area (Å²) in [5, 5.41) is 10.0. The second-order valence-electron chi connectivity index (χ2n) is 4.53. The molecular formula is C14H12F4N4. The molecule has 0 saturated carbocycles. The van der Waals surface area contributed by atoms with Crippen LogP contribution in [0.1, 0.15) is 12.0 Å². The summed E-state index contributed by atoms with van der Waals surface area (Å²) in [7, 11) is 0. The lowest BCUT2D eigenvalue weighted by Gasteiger charge is -2.22. The fourth-order valence-corrected chi connectivity index (χ4v) is 1.77. The highest BCUT2D eigenvalue weighted by Gasteiger charge is 2.40. The zero-order valence-corrected chi connectivity index (χ0v) is 11.2. The topological polar surface area (TPSA) is 61.7 Å². The fourth-order valence-electron chi connectivity index (χ4n) is 1.77. The fraction of sp³-hybridized carbons (Fsp3) is 0.214. The highest BCUT2D eigenvalue weighted by atomic mass is 19.4. The van der Waals surface area contributed by atoms with Crippen LogP contribution in [-0.4, -0.2) is 27.9 Å². The standard InChI is InChI=1S/C14H12F4N4/c15-13-4-3-10(8-21-13)22-12(14(16,17)18)6-11(19)9-2-1-5-20-7-9/h1-5,7-8,12,19,22H,6H2. The Morgan fingerprint density at radius 3 is 2.55 bits per heavy atom. The van der Waals surface area contributed by atoms with E-state index in [4.69, 9.17) is 5.41 Å². The Labute approximate surface area is 123 Å². The van der Waals surface area contributed by atoms with Crippen LogP contribution in [0.25, 0.3) is 0 Å². The summed E-state index contributed by atoms with van der Waals surface area (Å²) in [6.07, 6.45) is -1.37. The predicted molar refractivity (Wildman–Crippen MR) is 73.3 cm³/mol. The van der Waals surface area contributed by atoms with Gasteiger partial charge in [0, 0.05) is 30.1 Å². The van der Waals surface area contributed by atoms with Gasteiger partial charge in [-0.25, -0.2) is 4.98 Å². The van der Waals surface area contributed by atoms with Gasteiger partial charge in [0.2, 0.25) is 5.95 Å². The Bertz CT molecular complexity index is 626. The lowest BCUT2D eigenvalue weighted by molar-refractivity contribution is -0.140. The molecule has 0 radical (unpaired) electrons. The quantitative estimate of drug-likeness (QED) is 0.505. The molecule has 22 heavy (non-hydrogen) atoms. The minimum absolute atomic E-state index is 0.0303. The molecule has 0 bridgehead atoms. The van der Waals surface area contributed by atoms with Crippen molar-refractivity contribution in [3.05, 3.63) is 54.4 Å². The first-order chi connectivity index (χ1) is 10.4. The largest absolute Gasteiger partial charge is 0.408 e. The number of nitrogens with zero attached hydrogens (tertiary/aromatic N) is 2. The van der Waals surface area contributed by atoms with E-state index in [1.807, 2.05) is 0 Å². The van der Waals surface area contributed by atoms with Crippen LogP contribution in [0.2, 0.25) is 0 Å². The molecule has 2 aromatic heterocycles. The van der Waals surface area contributed by atoms with E-state index in [-0.39, 0.29) is 11.4 Å². The van der Waals surface area contributed by atoms with E-state index in [1.165, 1.54) is 18.5 Å². The van der Waals surface area contributed by atoms with Crippen molar-refractivity contribution in [2.45, 2.75) is 18.6 Å². The first-order valence-electron chi connectivity index (χ1n) is 6.29. The number of pyridine rings is 2. The number of hydrogen-bond acceptors (Lipinski definition) is 4. The molecule has 2 rings (SSSR count). The van der Waals surface area contributed by atoms with Crippen molar-refractivity contribution in [3.8, 4) is 0 Å². The second kappa shape index (κ2) is 6.50. The Hall–Kier alpha value is -2.51. The molecule has 0 aliphatic carbocycles. The first-order valence-corrected chi connectivity index (χ1v) is 6.29. The monoisotopic (exact) mass is 312 g/mol. The van der Waals surface area contributed by atoms with Gasteiger partial charge in [-0.05, 0) is 18.2 Å². The molecule has 1 unspecified atom stereocenters. The molecule has 0 aliphatic rings. The Kier molecular flexibility index (Phi) is 4.69.